The molecule has 2 aromatic rings. The highest BCUT2D eigenvalue weighted by molar-refractivity contribution is 7.89. The van der Waals surface area contributed by atoms with Gasteiger partial charge in [-0.25, -0.2) is 8.42 Å². The lowest BCUT2D eigenvalue weighted by molar-refractivity contribution is -0.134. The SMILES string of the molecule is Cc1noc(C)c1S(=O)(=O)N1CCC(CC(=O)N2CCN(C(=O)c3ccccc3)CC2)CC1. The summed E-state index contributed by atoms with van der Waals surface area (Å²) in [6.45, 7) is 6.08. The van der Waals surface area contributed by atoms with Crippen molar-refractivity contribution < 1.29 is 22.5 Å². The van der Waals surface area contributed by atoms with Crippen molar-refractivity contribution in [1.82, 2.24) is 19.3 Å². The van der Waals surface area contributed by atoms with Gasteiger partial charge in [0.05, 0.1) is 0 Å². The second-order valence-corrected chi connectivity index (χ2v) is 10.6. The second-order valence-electron chi connectivity index (χ2n) is 8.74. The van der Waals surface area contributed by atoms with Crippen LogP contribution in [0.5, 0.6) is 0 Å². The lowest BCUT2D eigenvalue weighted by Crippen LogP contribution is -2.51. The van der Waals surface area contributed by atoms with Crippen LogP contribution in [-0.4, -0.2) is 78.8 Å². The van der Waals surface area contributed by atoms with Gasteiger partial charge in [-0.3, -0.25) is 9.59 Å². The van der Waals surface area contributed by atoms with E-state index in [-0.39, 0.29) is 22.6 Å². The first-order valence-corrected chi connectivity index (χ1v) is 12.8. The number of carbonyl (C=O) groups is 2. The van der Waals surface area contributed by atoms with Crippen molar-refractivity contribution in [2.75, 3.05) is 39.3 Å². The monoisotopic (exact) mass is 474 g/mol. The molecule has 0 N–H and O–H groups in total. The maximum Gasteiger partial charge on any atom is 0.253 e. The predicted octanol–water partition coefficient (Wildman–Crippen LogP) is 2.07. The smallest absolute Gasteiger partial charge is 0.253 e. The molecule has 1 aromatic heterocycles. The van der Waals surface area contributed by atoms with Gasteiger partial charge in [-0.1, -0.05) is 23.4 Å². The summed E-state index contributed by atoms with van der Waals surface area (Å²) >= 11 is 0. The third-order valence-corrected chi connectivity index (χ3v) is 8.69. The van der Waals surface area contributed by atoms with Crippen molar-refractivity contribution >= 4 is 21.8 Å². The first kappa shape index (κ1) is 23.4. The van der Waals surface area contributed by atoms with Crippen LogP contribution in [0.4, 0.5) is 0 Å². The summed E-state index contributed by atoms with van der Waals surface area (Å²) in [5.41, 5.74) is 1.03. The molecule has 2 amide bonds. The van der Waals surface area contributed by atoms with E-state index in [1.165, 1.54) is 4.31 Å². The fraction of sp³-hybridized carbons (Fsp3) is 0.522. The summed E-state index contributed by atoms with van der Waals surface area (Å²) in [5, 5.41) is 3.76. The maximum absolute atomic E-state index is 13.0. The van der Waals surface area contributed by atoms with Gasteiger partial charge in [0.15, 0.2) is 5.76 Å². The third-order valence-electron chi connectivity index (χ3n) is 6.54. The van der Waals surface area contributed by atoms with E-state index in [0.29, 0.717) is 75.5 Å². The number of carbonyl (C=O) groups excluding carboxylic acids is 2. The molecule has 2 saturated heterocycles. The Kier molecular flexibility index (Phi) is 6.85. The van der Waals surface area contributed by atoms with E-state index in [1.54, 1.807) is 30.9 Å². The fourth-order valence-electron chi connectivity index (χ4n) is 4.62. The average molecular weight is 475 g/mol. The van der Waals surface area contributed by atoms with Gasteiger partial charge in [0.1, 0.15) is 10.6 Å². The highest BCUT2D eigenvalue weighted by Crippen LogP contribution is 2.29. The quantitative estimate of drug-likeness (QED) is 0.657. The van der Waals surface area contributed by atoms with E-state index >= 15 is 0 Å². The number of piperazine rings is 1. The van der Waals surface area contributed by atoms with E-state index in [1.807, 2.05) is 23.1 Å². The van der Waals surface area contributed by atoms with Gasteiger partial charge < -0.3 is 14.3 Å². The molecule has 0 unspecified atom stereocenters. The zero-order valence-electron chi connectivity index (χ0n) is 19.1. The van der Waals surface area contributed by atoms with Crippen LogP contribution >= 0.6 is 0 Å². The molecule has 0 aliphatic carbocycles. The Balaban J connectivity index is 1.26. The van der Waals surface area contributed by atoms with Gasteiger partial charge in [0.25, 0.3) is 5.91 Å². The normalized spacial score (nSPS) is 18.5. The first-order chi connectivity index (χ1) is 15.8. The highest BCUT2D eigenvalue weighted by atomic mass is 32.2. The summed E-state index contributed by atoms with van der Waals surface area (Å²) in [5.74, 6) is 0.524. The zero-order chi connectivity index (χ0) is 23.6. The number of nitrogens with zero attached hydrogens (tertiary/aromatic N) is 4. The lowest BCUT2D eigenvalue weighted by atomic mass is 9.94. The first-order valence-electron chi connectivity index (χ1n) is 11.3. The zero-order valence-corrected chi connectivity index (χ0v) is 19.9. The molecule has 3 heterocycles. The van der Waals surface area contributed by atoms with E-state index in [2.05, 4.69) is 5.16 Å². The minimum Gasteiger partial charge on any atom is -0.360 e. The Bertz CT molecular complexity index is 1080. The summed E-state index contributed by atoms with van der Waals surface area (Å²) < 4.78 is 32.4. The van der Waals surface area contributed by atoms with Crippen molar-refractivity contribution in [2.45, 2.75) is 38.0 Å². The van der Waals surface area contributed by atoms with Crippen LogP contribution in [-0.2, 0) is 14.8 Å². The van der Waals surface area contributed by atoms with Crippen LogP contribution in [0.15, 0.2) is 39.8 Å². The van der Waals surface area contributed by atoms with Gasteiger partial charge in [0, 0.05) is 51.3 Å². The molecule has 0 saturated carbocycles. The number of benzene rings is 1. The molecule has 0 radical (unpaired) electrons. The van der Waals surface area contributed by atoms with Crippen LogP contribution in [0.25, 0.3) is 0 Å². The Labute approximate surface area is 194 Å². The molecule has 0 atom stereocenters. The molecule has 0 spiro atoms. The molecular formula is C23H30N4O5S. The number of hydrogen-bond acceptors (Lipinski definition) is 6. The molecule has 1 aromatic carbocycles. The molecule has 0 bridgehead atoms. The molecule has 2 fully saturated rings. The highest BCUT2D eigenvalue weighted by Gasteiger charge is 2.35. The summed E-state index contributed by atoms with van der Waals surface area (Å²) in [4.78, 5) is 29.2. The minimum absolute atomic E-state index is 0.00502. The van der Waals surface area contributed by atoms with Crippen LogP contribution in [0, 0.1) is 19.8 Å². The Hall–Kier alpha value is -2.72. The minimum atomic E-state index is -3.65. The van der Waals surface area contributed by atoms with Crippen LogP contribution < -0.4 is 0 Å². The number of aryl methyl sites for hydroxylation is 2. The lowest BCUT2D eigenvalue weighted by Gasteiger charge is -2.36. The van der Waals surface area contributed by atoms with Crippen molar-refractivity contribution in [3.63, 3.8) is 0 Å². The Morgan fingerprint density at radius 2 is 1.58 bits per heavy atom. The van der Waals surface area contributed by atoms with E-state index in [9.17, 15) is 18.0 Å². The molecule has 2 aliphatic rings. The van der Waals surface area contributed by atoms with Gasteiger partial charge in [-0.2, -0.15) is 4.31 Å². The number of aromatic nitrogens is 1. The molecular weight excluding hydrogens is 444 g/mol. The molecule has 10 heteroatoms. The van der Waals surface area contributed by atoms with Crippen LogP contribution in [0.2, 0.25) is 0 Å². The van der Waals surface area contributed by atoms with Crippen molar-refractivity contribution in [2.24, 2.45) is 5.92 Å². The Morgan fingerprint density at radius 1 is 0.970 bits per heavy atom. The number of sulfonamides is 1. The van der Waals surface area contributed by atoms with Gasteiger partial charge >= 0.3 is 0 Å². The van der Waals surface area contributed by atoms with E-state index in [0.717, 1.165) is 0 Å². The largest absolute Gasteiger partial charge is 0.360 e. The molecule has 9 nitrogen and oxygen atoms in total. The standard InChI is InChI=1S/C23H30N4O5S/c1-17-22(18(2)32-24-17)33(30,31)27-10-8-19(9-11-27)16-21(28)25-12-14-26(15-13-25)23(29)20-6-4-3-5-7-20/h3-7,19H,8-16H2,1-2H3. The maximum atomic E-state index is 13.0. The van der Waals surface area contributed by atoms with E-state index < -0.39 is 10.0 Å². The third kappa shape index (κ3) is 4.96. The average Bonchev–Trinajstić information content (AvgIpc) is 3.18. The molecule has 33 heavy (non-hydrogen) atoms. The number of hydrogen-bond donors (Lipinski definition) is 0. The molecule has 4 rings (SSSR count). The van der Waals surface area contributed by atoms with Crippen molar-refractivity contribution in [1.29, 1.82) is 0 Å². The summed E-state index contributed by atoms with van der Waals surface area (Å²) in [6.07, 6.45) is 1.69. The molecule has 2 aliphatic heterocycles. The van der Waals surface area contributed by atoms with Crippen LogP contribution in [0.1, 0.15) is 41.1 Å². The molecule has 178 valence electrons. The number of rotatable bonds is 5. The van der Waals surface area contributed by atoms with Gasteiger partial charge in [-0.05, 0) is 44.7 Å². The van der Waals surface area contributed by atoms with Gasteiger partial charge in [-0.15, -0.1) is 0 Å². The van der Waals surface area contributed by atoms with E-state index in [4.69, 9.17) is 4.52 Å². The van der Waals surface area contributed by atoms with Crippen molar-refractivity contribution in [3.05, 3.63) is 47.3 Å². The fourth-order valence-corrected chi connectivity index (χ4v) is 6.38. The summed E-state index contributed by atoms with van der Waals surface area (Å²) in [6, 6.07) is 9.18. The second kappa shape index (κ2) is 9.64. The van der Waals surface area contributed by atoms with Crippen molar-refractivity contribution in [3.8, 4) is 0 Å². The van der Waals surface area contributed by atoms with Gasteiger partial charge in [0.2, 0.25) is 15.9 Å². The number of amides is 2. The number of piperidine rings is 1. The topological polar surface area (TPSA) is 104 Å². The van der Waals surface area contributed by atoms with Crippen LogP contribution in [0.3, 0.4) is 0 Å². The summed E-state index contributed by atoms with van der Waals surface area (Å²) in [7, 11) is -3.65. The predicted molar refractivity (Wildman–Crippen MR) is 121 cm³/mol. The Morgan fingerprint density at radius 3 is 2.15 bits per heavy atom.